The number of hydrogen-bond acceptors (Lipinski definition) is 4. The van der Waals surface area contributed by atoms with Gasteiger partial charge in [-0.25, -0.2) is 0 Å². The molecule has 0 radical (unpaired) electrons. The molecule has 2 heterocycles. The highest BCUT2D eigenvalue weighted by atomic mass is 35.5. The van der Waals surface area contributed by atoms with E-state index in [-0.39, 0.29) is 6.04 Å². The zero-order valence-electron chi connectivity index (χ0n) is 10.7. The first-order chi connectivity index (χ1) is 8.52. The third kappa shape index (κ3) is 2.59. The van der Waals surface area contributed by atoms with Crippen molar-refractivity contribution < 1.29 is 0 Å². The van der Waals surface area contributed by atoms with Crippen molar-refractivity contribution in [3.63, 3.8) is 0 Å². The lowest BCUT2D eigenvalue weighted by Gasteiger charge is -2.15. The largest absolute Gasteiger partial charge is 0.272 e. The highest BCUT2D eigenvalue weighted by Crippen LogP contribution is 2.28. The van der Waals surface area contributed by atoms with Crippen LogP contribution in [0.4, 0.5) is 0 Å². The molecule has 4 nitrogen and oxygen atoms in total. The average molecular weight is 285 g/mol. The number of hydrogen-bond donors (Lipinski definition) is 2. The molecule has 0 aliphatic heterocycles. The average Bonchev–Trinajstić information content (AvgIpc) is 2.82. The summed E-state index contributed by atoms with van der Waals surface area (Å²) < 4.78 is 2.69. The predicted molar refractivity (Wildman–Crippen MR) is 75.8 cm³/mol. The van der Waals surface area contributed by atoms with Gasteiger partial charge in [0.05, 0.1) is 16.1 Å². The van der Waals surface area contributed by atoms with Crippen molar-refractivity contribution in [1.29, 1.82) is 0 Å². The Morgan fingerprint density at radius 3 is 2.67 bits per heavy atom. The van der Waals surface area contributed by atoms with E-state index in [1.807, 2.05) is 30.8 Å². The topological polar surface area (TPSA) is 55.9 Å². The lowest BCUT2D eigenvalue weighted by Crippen LogP contribution is -2.30. The number of nitrogens with two attached hydrogens (primary N) is 1. The molecule has 2 aromatic rings. The molecule has 3 N–H and O–H groups in total. The molecule has 0 saturated carbocycles. The second-order valence-corrected chi connectivity index (χ2v) is 6.14. The fourth-order valence-electron chi connectivity index (χ4n) is 2.20. The van der Waals surface area contributed by atoms with Crippen LogP contribution < -0.4 is 11.3 Å². The summed E-state index contributed by atoms with van der Waals surface area (Å²) in [6, 6.07) is 4.02. The number of aromatic nitrogens is 2. The Labute approximate surface area is 116 Å². The maximum atomic E-state index is 5.95. The number of halogens is 1. The number of rotatable bonds is 4. The Bertz CT molecular complexity index is 546. The van der Waals surface area contributed by atoms with Gasteiger partial charge in [-0.05, 0) is 26.0 Å². The zero-order chi connectivity index (χ0) is 13.3. The molecule has 98 valence electrons. The van der Waals surface area contributed by atoms with Crippen molar-refractivity contribution in [2.45, 2.75) is 26.3 Å². The summed E-state index contributed by atoms with van der Waals surface area (Å²) in [7, 11) is 1.95. The first-order valence-electron chi connectivity index (χ1n) is 5.73. The van der Waals surface area contributed by atoms with Crippen molar-refractivity contribution in [1.82, 2.24) is 15.2 Å². The maximum Gasteiger partial charge on any atom is 0.0931 e. The van der Waals surface area contributed by atoms with Crippen LogP contribution in [0.25, 0.3) is 0 Å². The van der Waals surface area contributed by atoms with Gasteiger partial charge in [-0.1, -0.05) is 11.6 Å². The second-order valence-electron chi connectivity index (χ2n) is 4.34. The molecule has 6 heteroatoms. The van der Waals surface area contributed by atoms with E-state index < -0.39 is 0 Å². The van der Waals surface area contributed by atoms with E-state index in [2.05, 4.69) is 17.4 Å². The summed E-state index contributed by atoms with van der Waals surface area (Å²) >= 11 is 7.54. The first-order valence-corrected chi connectivity index (χ1v) is 6.92. The SMILES string of the molecule is Cc1nn(C)c(C)c1C(Cc1ccc(Cl)s1)NN. The second kappa shape index (κ2) is 5.40. The number of nitrogens with zero attached hydrogens (tertiary/aromatic N) is 2. The molecule has 0 saturated heterocycles. The Hall–Kier alpha value is -0.880. The number of thiophene rings is 1. The van der Waals surface area contributed by atoms with E-state index in [0.29, 0.717) is 0 Å². The lowest BCUT2D eigenvalue weighted by atomic mass is 10.0. The summed E-state index contributed by atoms with van der Waals surface area (Å²) in [4.78, 5) is 1.21. The van der Waals surface area contributed by atoms with Gasteiger partial charge < -0.3 is 0 Å². The standard InChI is InChI=1S/C12H17ClN4S/c1-7-12(8(2)17(3)16-7)10(15-14)6-9-4-5-11(13)18-9/h4-5,10,15H,6,14H2,1-3H3. The highest BCUT2D eigenvalue weighted by Gasteiger charge is 2.20. The van der Waals surface area contributed by atoms with Gasteiger partial charge >= 0.3 is 0 Å². The fraction of sp³-hybridized carbons (Fsp3) is 0.417. The number of nitrogens with one attached hydrogen (secondary N) is 1. The Morgan fingerprint density at radius 1 is 1.50 bits per heavy atom. The van der Waals surface area contributed by atoms with Crippen molar-refractivity contribution in [3.8, 4) is 0 Å². The monoisotopic (exact) mass is 284 g/mol. The van der Waals surface area contributed by atoms with Gasteiger partial charge in [0.2, 0.25) is 0 Å². The minimum Gasteiger partial charge on any atom is -0.272 e. The van der Waals surface area contributed by atoms with E-state index in [0.717, 1.165) is 22.1 Å². The van der Waals surface area contributed by atoms with Crippen molar-refractivity contribution in [3.05, 3.63) is 38.3 Å². The van der Waals surface area contributed by atoms with Crippen LogP contribution in [-0.2, 0) is 13.5 Å². The quantitative estimate of drug-likeness (QED) is 0.670. The highest BCUT2D eigenvalue weighted by molar-refractivity contribution is 7.16. The molecule has 0 spiro atoms. The lowest BCUT2D eigenvalue weighted by molar-refractivity contribution is 0.549. The van der Waals surface area contributed by atoms with Gasteiger partial charge in [0.1, 0.15) is 0 Å². The van der Waals surface area contributed by atoms with Gasteiger partial charge in [-0.3, -0.25) is 16.0 Å². The van der Waals surface area contributed by atoms with E-state index in [9.17, 15) is 0 Å². The Balaban J connectivity index is 2.28. The zero-order valence-corrected chi connectivity index (χ0v) is 12.3. The van der Waals surface area contributed by atoms with Crippen LogP contribution in [0.2, 0.25) is 4.34 Å². The minimum atomic E-state index is 0.0633. The van der Waals surface area contributed by atoms with Crippen LogP contribution in [0, 0.1) is 13.8 Å². The molecular formula is C12H17ClN4S. The van der Waals surface area contributed by atoms with Crippen molar-refractivity contribution >= 4 is 22.9 Å². The van der Waals surface area contributed by atoms with Crippen LogP contribution in [0.15, 0.2) is 12.1 Å². The van der Waals surface area contributed by atoms with Gasteiger partial charge in [0, 0.05) is 29.6 Å². The molecule has 0 bridgehead atoms. The maximum absolute atomic E-state index is 5.95. The van der Waals surface area contributed by atoms with Crippen LogP contribution in [0.3, 0.4) is 0 Å². The van der Waals surface area contributed by atoms with Gasteiger partial charge in [-0.15, -0.1) is 11.3 Å². The molecule has 0 aliphatic rings. The summed E-state index contributed by atoms with van der Waals surface area (Å²) in [6.07, 6.45) is 0.821. The first kappa shape index (κ1) is 13.5. The summed E-state index contributed by atoms with van der Waals surface area (Å²) in [5, 5.41) is 4.42. The third-order valence-electron chi connectivity index (χ3n) is 3.15. The van der Waals surface area contributed by atoms with Crippen LogP contribution in [-0.4, -0.2) is 9.78 Å². The van der Waals surface area contributed by atoms with Gasteiger partial charge in [-0.2, -0.15) is 5.10 Å². The summed E-state index contributed by atoms with van der Waals surface area (Å²) in [6.45, 7) is 4.06. The van der Waals surface area contributed by atoms with E-state index in [1.54, 1.807) is 11.3 Å². The smallest absolute Gasteiger partial charge is 0.0931 e. The minimum absolute atomic E-state index is 0.0633. The Kier molecular flexibility index (Phi) is 4.07. The molecular weight excluding hydrogens is 268 g/mol. The van der Waals surface area contributed by atoms with Crippen molar-refractivity contribution in [2.24, 2.45) is 12.9 Å². The third-order valence-corrected chi connectivity index (χ3v) is 4.40. The molecule has 0 aliphatic carbocycles. The van der Waals surface area contributed by atoms with E-state index in [1.165, 1.54) is 10.4 Å². The van der Waals surface area contributed by atoms with Gasteiger partial charge in [0.15, 0.2) is 0 Å². The molecule has 1 atom stereocenters. The van der Waals surface area contributed by atoms with Crippen molar-refractivity contribution in [2.75, 3.05) is 0 Å². The van der Waals surface area contributed by atoms with E-state index >= 15 is 0 Å². The summed E-state index contributed by atoms with van der Waals surface area (Å²) in [5.74, 6) is 5.69. The molecule has 0 aromatic carbocycles. The molecule has 0 amide bonds. The van der Waals surface area contributed by atoms with Crippen LogP contribution in [0.1, 0.15) is 27.9 Å². The molecule has 2 aromatic heterocycles. The Morgan fingerprint density at radius 2 is 2.22 bits per heavy atom. The predicted octanol–water partition coefficient (Wildman–Crippen LogP) is 2.50. The van der Waals surface area contributed by atoms with Crippen LogP contribution >= 0.6 is 22.9 Å². The molecule has 2 rings (SSSR count). The number of aryl methyl sites for hydroxylation is 2. The normalized spacial score (nSPS) is 12.9. The molecule has 18 heavy (non-hydrogen) atoms. The molecule has 0 fully saturated rings. The van der Waals surface area contributed by atoms with Gasteiger partial charge in [0.25, 0.3) is 0 Å². The fourth-order valence-corrected chi connectivity index (χ4v) is 3.33. The van der Waals surface area contributed by atoms with Crippen LogP contribution in [0.5, 0.6) is 0 Å². The molecule has 1 unspecified atom stereocenters. The summed E-state index contributed by atoms with van der Waals surface area (Å²) in [5.41, 5.74) is 6.20. The van der Waals surface area contributed by atoms with E-state index in [4.69, 9.17) is 17.4 Å². The number of hydrazine groups is 1.